The number of para-hydroxylation sites is 1. The van der Waals surface area contributed by atoms with Crippen LogP contribution in [0.5, 0.6) is 5.75 Å². The Bertz CT molecular complexity index is 980. The van der Waals surface area contributed by atoms with Gasteiger partial charge < -0.3 is 5.11 Å². The number of phenols is 1. The highest BCUT2D eigenvalue weighted by Gasteiger charge is 2.09. The largest absolute Gasteiger partial charge is 0.507 e. The molecule has 0 unspecified atom stereocenters. The molecule has 0 bridgehead atoms. The molecular formula is C18H16BrN3O2. The fraction of sp³-hybridized carbons (Fsp3) is 0.167. The van der Waals surface area contributed by atoms with Crippen molar-refractivity contribution in [1.29, 1.82) is 0 Å². The van der Waals surface area contributed by atoms with Crippen molar-refractivity contribution in [3.05, 3.63) is 68.7 Å². The van der Waals surface area contributed by atoms with E-state index in [1.807, 2.05) is 19.1 Å². The lowest BCUT2D eigenvalue weighted by Crippen LogP contribution is -2.22. The molecule has 2 aromatic carbocycles. The molecule has 1 heterocycles. The maximum atomic E-state index is 12.7. The lowest BCUT2D eigenvalue weighted by atomic mass is 10.2. The van der Waals surface area contributed by atoms with Gasteiger partial charge in [0.2, 0.25) is 0 Å². The Kier molecular flexibility index (Phi) is 4.76. The van der Waals surface area contributed by atoms with Crippen molar-refractivity contribution in [2.45, 2.75) is 19.8 Å². The SMILES string of the molecule is CCCc1nc2ccccc2c(=O)n1N=Cc1cc(Br)ccc1O. The molecule has 0 atom stereocenters. The molecule has 24 heavy (non-hydrogen) atoms. The van der Waals surface area contributed by atoms with E-state index in [-0.39, 0.29) is 11.3 Å². The molecule has 0 aliphatic heterocycles. The summed E-state index contributed by atoms with van der Waals surface area (Å²) < 4.78 is 2.13. The van der Waals surface area contributed by atoms with E-state index in [4.69, 9.17) is 0 Å². The van der Waals surface area contributed by atoms with Crippen LogP contribution in [0.25, 0.3) is 10.9 Å². The fourth-order valence-corrected chi connectivity index (χ4v) is 2.80. The number of nitrogens with zero attached hydrogens (tertiary/aromatic N) is 3. The Morgan fingerprint density at radius 3 is 2.88 bits per heavy atom. The van der Waals surface area contributed by atoms with Gasteiger partial charge in [-0.1, -0.05) is 35.0 Å². The van der Waals surface area contributed by atoms with Crippen LogP contribution in [0.2, 0.25) is 0 Å². The van der Waals surface area contributed by atoms with Gasteiger partial charge in [-0.2, -0.15) is 9.78 Å². The van der Waals surface area contributed by atoms with Gasteiger partial charge in [-0.05, 0) is 36.8 Å². The van der Waals surface area contributed by atoms with E-state index < -0.39 is 0 Å². The average Bonchev–Trinajstić information content (AvgIpc) is 2.58. The second-order valence-corrected chi connectivity index (χ2v) is 6.28. The first-order valence-corrected chi connectivity index (χ1v) is 8.43. The van der Waals surface area contributed by atoms with E-state index in [1.165, 1.54) is 10.9 Å². The molecule has 0 saturated heterocycles. The van der Waals surface area contributed by atoms with E-state index in [2.05, 4.69) is 26.0 Å². The molecule has 3 aromatic rings. The fourth-order valence-electron chi connectivity index (χ4n) is 2.42. The quantitative estimate of drug-likeness (QED) is 0.696. The van der Waals surface area contributed by atoms with Crippen LogP contribution in [0.4, 0.5) is 0 Å². The number of halogens is 1. The minimum atomic E-state index is -0.213. The van der Waals surface area contributed by atoms with Crippen LogP contribution in [0.1, 0.15) is 24.7 Å². The molecular weight excluding hydrogens is 370 g/mol. The minimum absolute atomic E-state index is 0.0980. The molecule has 1 N–H and O–H groups in total. The number of benzene rings is 2. The Morgan fingerprint density at radius 2 is 2.08 bits per heavy atom. The third kappa shape index (κ3) is 3.23. The van der Waals surface area contributed by atoms with Gasteiger partial charge in [-0.25, -0.2) is 4.98 Å². The number of hydrogen-bond donors (Lipinski definition) is 1. The summed E-state index contributed by atoms with van der Waals surface area (Å²) in [6.07, 6.45) is 2.96. The predicted octanol–water partition coefficient (Wildman–Crippen LogP) is 3.70. The van der Waals surface area contributed by atoms with Crippen molar-refractivity contribution in [3.63, 3.8) is 0 Å². The highest BCUT2D eigenvalue weighted by Crippen LogP contribution is 2.20. The second kappa shape index (κ2) is 6.97. The van der Waals surface area contributed by atoms with Gasteiger partial charge in [0.15, 0.2) is 0 Å². The summed E-state index contributed by atoms with van der Waals surface area (Å²) >= 11 is 3.36. The number of aromatic nitrogens is 2. The molecule has 0 fully saturated rings. The van der Waals surface area contributed by atoms with E-state index >= 15 is 0 Å². The van der Waals surface area contributed by atoms with Crippen molar-refractivity contribution in [3.8, 4) is 5.75 Å². The first-order valence-electron chi connectivity index (χ1n) is 7.63. The molecule has 3 rings (SSSR count). The average molecular weight is 386 g/mol. The number of phenolic OH excluding ortho intramolecular Hbond substituents is 1. The molecule has 0 saturated carbocycles. The molecule has 1 aromatic heterocycles. The smallest absolute Gasteiger partial charge is 0.282 e. The third-order valence-electron chi connectivity index (χ3n) is 3.60. The monoisotopic (exact) mass is 385 g/mol. The number of aromatic hydroxyl groups is 1. The van der Waals surface area contributed by atoms with Crippen LogP contribution in [0.15, 0.2) is 56.8 Å². The predicted molar refractivity (Wildman–Crippen MR) is 98.8 cm³/mol. The van der Waals surface area contributed by atoms with Crippen molar-refractivity contribution in [1.82, 2.24) is 9.66 Å². The Hall–Kier alpha value is -2.47. The number of hydrogen-bond acceptors (Lipinski definition) is 4. The zero-order valence-corrected chi connectivity index (χ0v) is 14.7. The van der Waals surface area contributed by atoms with Gasteiger partial charge in [-0.3, -0.25) is 4.79 Å². The van der Waals surface area contributed by atoms with Crippen LogP contribution in [0.3, 0.4) is 0 Å². The van der Waals surface area contributed by atoms with Crippen LogP contribution in [-0.4, -0.2) is 21.0 Å². The molecule has 0 spiro atoms. The highest BCUT2D eigenvalue weighted by molar-refractivity contribution is 9.10. The van der Waals surface area contributed by atoms with Gasteiger partial charge in [0.05, 0.1) is 17.1 Å². The maximum Gasteiger partial charge on any atom is 0.282 e. The summed E-state index contributed by atoms with van der Waals surface area (Å²) in [6.45, 7) is 2.02. The zero-order chi connectivity index (χ0) is 17.1. The van der Waals surface area contributed by atoms with E-state index in [0.717, 1.165) is 10.9 Å². The minimum Gasteiger partial charge on any atom is -0.507 e. The van der Waals surface area contributed by atoms with Gasteiger partial charge >= 0.3 is 0 Å². The second-order valence-electron chi connectivity index (χ2n) is 5.36. The van der Waals surface area contributed by atoms with Crippen molar-refractivity contribution < 1.29 is 5.11 Å². The summed E-state index contributed by atoms with van der Waals surface area (Å²) in [5.74, 6) is 0.702. The van der Waals surface area contributed by atoms with Crippen LogP contribution in [0, 0.1) is 0 Å². The lowest BCUT2D eigenvalue weighted by Gasteiger charge is -2.08. The molecule has 0 aliphatic rings. The van der Waals surface area contributed by atoms with Gasteiger partial charge in [-0.15, -0.1) is 0 Å². The molecule has 122 valence electrons. The highest BCUT2D eigenvalue weighted by atomic mass is 79.9. The van der Waals surface area contributed by atoms with Gasteiger partial charge in [0.25, 0.3) is 5.56 Å². The number of fused-ring (bicyclic) bond motifs is 1. The molecule has 5 nitrogen and oxygen atoms in total. The third-order valence-corrected chi connectivity index (χ3v) is 4.09. The molecule has 0 radical (unpaired) electrons. The van der Waals surface area contributed by atoms with Gasteiger partial charge in [0, 0.05) is 16.5 Å². The topological polar surface area (TPSA) is 67.5 Å². The molecule has 6 heteroatoms. The summed E-state index contributed by atoms with van der Waals surface area (Å²) in [5, 5.41) is 14.7. The van der Waals surface area contributed by atoms with E-state index in [1.54, 1.807) is 30.3 Å². The number of rotatable bonds is 4. The van der Waals surface area contributed by atoms with Gasteiger partial charge in [0.1, 0.15) is 11.6 Å². The lowest BCUT2D eigenvalue weighted by molar-refractivity contribution is 0.474. The van der Waals surface area contributed by atoms with E-state index in [0.29, 0.717) is 28.7 Å². The maximum absolute atomic E-state index is 12.7. The van der Waals surface area contributed by atoms with E-state index in [9.17, 15) is 9.90 Å². The Balaban J connectivity index is 2.15. The number of aryl methyl sites for hydroxylation is 1. The Morgan fingerprint density at radius 1 is 1.29 bits per heavy atom. The van der Waals surface area contributed by atoms with Crippen LogP contribution < -0.4 is 5.56 Å². The normalized spacial score (nSPS) is 11.4. The Labute approximate surface area is 147 Å². The van der Waals surface area contributed by atoms with Crippen LogP contribution >= 0.6 is 15.9 Å². The van der Waals surface area contributed by atoms with Crippen molar-refractivity contribution >= 4 is 33.0 Å². The van der Waals surface area contributed by atoms with Crippen LogP contribution in [-0.2, 0) is 6.42 Å². The first kappa shape index (κ1) is 16.4. The summed E-state index contributed by atoms with van der Waals surface area (Å²) in [4.78, 5) is 17.3. The van der Waals surface area contributed by atoms with Crippen molar-refractivity contribution in [2.24, 2.45) is 5.10 Å². The summed E-state index contributed by atoms with van der Waals surface area (Å²) in [6, 6.07) is 12.3. The first-order chi connectivity index (χ1) is 11.6. The standard InChI is InChI=1S/C18H16BrN3O2/c1-2-5-17-21-15-7-4-3-6-14(15)18(24)22(17)20-11-12-10-13(19)8-9-16(12)23/h3-4,6-11,23H,2,5H2,1H3. The molecule has 0 aliphatic carbocycles. The van der Waals surface area contributed by atoms with Crippen molar-refractivity contribution in [2.75, 3.05) is 0 Å². The molecule has 0 amide bonds. The zero-order valence-electron chi connectivity index (χ0n) is 13.1. The summed E-state index contributed by atoms with van der Waals surface area (Å²) in [5.41, 5.74) is 0.976. The summed E-state index contributed by atoms with van der Waals surface area (Å²) in [7, 11) is 0.